The molecule has 23 heavy (non-hydrogen) atoms. The lowest BCUT2D eigenvalue weighted by molar-refractivity contribution is -0.119. The summed E-state index contributed by atoms with van der Waals surface area (Å²) >= 11 is 0. The highest BCUT2D eigenvalue weighted by atomic mass is 16.5. The second kappa shape index (κ2) is 7.18. The summed E-state index contributed by atoms with van der Waals surface area (Å²) in [6.45, 7) is 1.28. The Morgan fingerprint density at radius 2 is 1.96 bits per heavy atom. The Morgan fingerprint density at radius 1 is 1.13 bits per heavy atom. The normalized spacial score (nSPS) is 16.9. The van der Waals surface area contributed by atoms with Crippen LogP contribution in [0.3, 0.4) is 0 Å². The maximum Gasteiger partial charge on any atom is 0.220 e. The summed E-state index contributed by atoms with van der Waals surface area (Å²) in [7, 11) is 1.64. The summed E-state index contributed by atoms with van der Waals surface area (Å²) in [5.41, 5.74) is 2.35. The van der Waals surface area contributed by atoms with E-state index in [1.54, 1.807) is 7.11 Å². The van der Waals surface area contributed by atoms with E-state index in [9.17, 15) is 4.79 Å². The van der Waals surface area contributed by atoms with Crippen molar-refractivity contribution in [1.29, 1.82) is 0 Å². The molecule has 0 aliphatic carbocycles. The highest BCUT2D eigenvalue weighted by Gasteiger charge is 2.23. The molecule has 1 aliphatic rings. The lowest BCUT2D eigenvalue weighted by atomic mass is 9.98. The van der Waals surface area contributed by atoms with Crippen LogP contribution >= 0.6 is 0 Å². The zero-order valence-corrected chi connectivity index (χ0v) is 13.2. The Labute approximate surface area is 136 Å². The van der Waals surface area contributed by atoms with Gasteiger partial charge in [0.1, 0.15) is 0 Å². The van der Waals surface area contributed by atoms with Gasteiger partial charge in [-0.1, -0.05) is 36.4 Å². The van der Waals surface area contributed by atoms with E-state index in [-0.39, 0.29) is 11.8 Å². The Bertz CT molecular complexity index is 670. The molecule has 0 saturated carbocycles. The van der Waals surface area contributed by atoms with E-state index < -0.39 is 0 Å². The zero-order valence-electron chi connectivity index (χ0n) is 13.2. The van der Waals surface area contributed by atoms with Crippen LogP contribution in [-0.4, -0.2) is 26.2 Å². The van der Waals surface area contributed by atoms with Crippen molar-refractivity contribution in [2.45, 2.75) is 18.8 Å². The maximum absolute atomic E-state index is 11.4. The third kappa shape index (κ3) is 3.83. The quantitative estimate of drug-likeness (QED) is 0.892. The first-order chi connectivity index (χ1) is 11.3. The number of carbonyl (C=O) groups is 1. The molecule has 4 nitrogen and oxygen atoms in total. The summed E-state index contributed by atoms with van der Waals surface area (Å²) in [6.07, 6.45) is 1.38. The van der Waals surface area contributed by atoms with Crippen LogP contribution in [0.15, 0.2) is 48.5 Å². The first-order valence-electron chi connectivity index (χ1n) is 7.87. The number of benzene rings is 2. The van der Waals surface area contributed by atoms with Crippen LogP contribution in [0.5, 0.6) is 11.5 Å². The van der Waals surface area contributed by atoms with Gasteiger partial charge in [0.25, 0.3) is 0 Å². The lowest BCUT2D eigenvalue weighted by Gasteiger charge is -2.14. The number of ether oxygens (including phenoxy) is 2. The molecule has 2 aromatic carbocycles. The fourth-order valence-electron chi connectivity index (χ4n) is 2.82. The Hall–Kier alpha value is -2.49. The monoisotopic (exact) mass is 311 g/mol. The molecule has 1 amide bonds. The largest absolute Gasteiger partial charge is 0.493 e. The Morgan fingerprint density at radius 3 is 2.65 bits per heavy atom. The van der Waals surface area contributed by atoms with Crippen LogP contribution in [0.25, 0.3) is 0 Å². The van der Waals surface area contributed by atoms with Crippen molar-refractivity contribution in [1.82, 2.24) is 5.32 Å². The van der Waals surface area contributed by atoms with Gasteiger partial charge >= 0.3 is 0 Å². The first kappa shape index (κ1) is 15.4. The van der Waals surface area contributed by atoms with Crippen molar-refractivity contribution in [2.75, 3.05) is 20.3 Å². The molecule has 1 atom stereocenters. The molecule has 0 bridgehead atoms. The van der Waals surface area contributed by atoms with Gasteiger partial charge in [0, 0.05) is 25.3 Å². The van der Waals surface area contributed by atoms with Crippen LogP contribution in [-0.2, 0) is 11.2 Å². The minimum Gasteiger partial charge on any atom is -0.493 e. The average Bonchev–Trinajstić information content (AvgIpc) is 3.02. The topological polar surface area (TPSA) is 47.6 Å². The molecule has 1 saturated heterocycles. The van der Waals surface area contributed by atoms with Crippen LogP contribution in [0.4, 0.5) is 0 Å². The van der Waals surface area contributed by atoms with Crippen molar-refractivity contribution in [3.05, 3.63) is 59.7 Å². The van der Waals surface area contributed by atoms with Crippen LogP contribution in [0.2, 0.25) is 0 Å². The number of amides is 1. The van der Waals surface area contributed by atoms with Gasteiger partial charge in [0.15, 0.2) is 11.5 Å². The molecule has 3 rings (SSSR count). The van der Waals surface area contributed by atoms with Crippen LogP contribution in [0.1, 0.15) is 23.5 Å². The number of methoxy groups -OCH3 is 1. The number of carbonyl (C=O) groups excluding carboxylic acids is 1. The van der Waals surface area contributed by atoms with Gasteiger partial charge in [-0.05, 0) is 23.3 Å². The van der Waals surface area contributed by atoms with E-state index in [2.05, 4.69) is 17.4 Å². The lowest BCUT2D eigenvalue weighted by Crippen LogP contribution is -2.13. The molecule has 120 valence electrons. The first-order valence-corrected chi connectivity index (χ1v) is 7.87. The van der Waals surface area contributed by atoms with Gasteiger partial charge in [0.05, 0.1) is 13.7 Å². The standard InChI is InChI=1S/C19H21NO3/c1-22-17-8-7-15(16-12-19(21)20-13-16)11-18(17)23-10-9-14-5-3-2-4-6-14/h2-8,11,16H,9-10,12-13H2,1H3,(H,20,21). The van der Waals surface area contributed by atoms with E-state index in [1.165, 1.54) is 5.56 Å². The predicted octanol–water partition coefficient (Wildman–Crippen LogP) is 2.92. The number of hydrogen-bond donors (Lipinski definition) is 1. The van der Waals surface area contributed by atoms with Gasteiger partial charge in [-0.3, -0.25) is 4.79 Å². The molecule has 0 radical (unpaired) electrons. The van der Waals surface area contributed by atoms with Crippen molar-refractivity contribution in [2.24, 2.45) is 0 Å². The predicted molar refractivity (Wildman–Crippen MR) is 89.0 cm³/mol. The van der Waals surface area contributed by atoms with Gasteiger partial charge in [-0.15, -0.1) is 0 Å². The molecule has 0 spiro atoms. The molecule has 1 heterocycles. The molecular formula is C19H21NO3. The summed E-state index contributed by atoms with van der Waals surface area (Å²) in [4.78, 5) is 11.4. The number of rotatable bonds is 6. The zero-order chi connectivity index (χ0) is 16.1. The highest BCUT2D eigenvalue weighted by Crippen LogP contribution is 2.33. The smallest absolute Gasteiger partial charge is 0.220 e. The summed E-state index contributed by atoms with van der Waals surface area (Å²) in [5, 5.41) is 2.87. The van der Waals surface area contributed by atoms with Crippen molar-refractivity contribution in [3.63, 3.8) is 0 Å². The minimum absolute atomic E-state index is 0.109. The van der Waals surface area contributed by atoms with Crippen LogP contribution < -0.4 is 14.8 Å². The van der Waals surface area contributed by atoms with Gasteiger partial charge in [-0.2, -0.15) is 0 Å². The van der Waals surface area contributed by atoms with E-state index in [0.29, 0.717) is 19.6 Å². The molecule has 1 N–H and O–H groups in total. The average molecular weight is 311 g/mol. The van der Waals surface area contributed by atoms with E-state index in [0.717, 1.165) is 23.5 Å². The van der Waals surface area contributed by atoms with E-state index in [4.69, 9.17) is 9.47 Å². The van der Waals surface area contributed by atoms with Gasteiger partial charge in [0.2, 0.25) is 5.91 Å². The summed E-state index contributed by atoms with van der Waals surface area (Å²) in [6, 6.07) is 16.2. The second-order valence-electron chi connectivity index (χ2n) is 5.70. The Kier molecular flexibility index (Phi) is 4.81. The fraction of sp³-hybridized carbons (Fsp3) is 0.316. The fourth-order valence-corrected chi connectivity index (χ4v) is 2.82. The van der Waals surface area contributed by atoms with Crippen molar-refractivity contribution >= 4 is 5.91 Å². The third-order valence-electron chi connectivity index (χ3n) is 4.13. The van der Waals surface area contributed by atoms with E-state index in [1.807, 2.05) is 36.4 Å². The maximum atomic E-state index is 11.4. The molecule has 0 aromatic heterocycles. The molecule has 1 aliphatic heterocycles. The number of nitrogens with one attached hydrogen (secondary N) is 1. The van der Waals surface area contributed by atoms with Crippen molar-refractivity contribution < 1.29 is 14.3 Å². The SMILES string of the molecule is COc1ccc(C2CNC(=O)C2)cc1OCCc1ccccc1. The molecular weight excluding hydrogens is 290 g/mol. The molecule has 2 aromatic rings. The molecule has 1 unspecified atom stereocenters. The Balaban J connectivity index is 1.68. The van der Waals surface area contributed by atoms with Crippen molar-refractivity contribution in [3.8, 4) is 11.5 Å². The third-order valence-corrected chi connectivity index (χ3v) is 4.13. The minimum atomic E-state index is 0.109. The molecule has 4 heteroatoms. The highest BCUT2D eigenvalue weighted by molar-refractivity contribution is 5.79. The van der Waals surface area contributed by atoms with Gasteiger partial charge < -0.3 is 14.8 Å². The van der Waals surface area contributed by atoms with E-state index >= 15 is 0 Å². The van der Waals surface area contributed by atoms with Gasteiger partial charge in [-0.25, -0.2) is 0 Å². The second-order valence-corrected chi connectivity index (χ2v) is 5.70. The van der Waals surface area contributed by atoms with Crippen LogP contribution in [0, 0.1) is 0 Å². The number of hydrogen-bond acceptors (Lipinski definition) is 3. The summed E-state index contributed by atoms with van der Waals surface area (Å²) < 4.78 is 11.3. The summed E-state index contributed by atoms with van der Waals surface area (Å²) in [5.74, 6) is 1.78. The molecule has 1 fully saturated rings.